The predicted molar refractivity (Wildman–Crippen MR) is 130 cm³/mol. The minimum atomic E-state index is -0.861. The first-order valence-electron chi connectivity index (χ1n) is 11.0. The Hall–Kier alpha value is -3.63. The number of esters is 2. The van der Waals surface area contributed by atoms with Gasteiger partial charge in [0.05, 0.1) is 35.2 Å². The number of rotatable bonds is 9. The molecule has 0 aliphatic carbocycles. The Morgan fingerprint density at radius 3 is 2.44 bits per heavy atom. The van der Waals surface area contributed by atoms with Gasteiger partial charge in [0.25, 0.3) is 11.8 Å². The lowest BCUT2D eigenvalue weighted by Gasteiger charge is -2.18. The SMILES string of the molecule is CCCOC(=O)c1ccc(NC(=O)COC(=O)[C@H]2CC(=O)N(NC(=O)c3ccc(Cl)cc3Cl)C2)cc1. The number of hydrazine groups is 1. The molecule has 0 aromatic heterocycles. The molecule has 1 heterocycles. The highest BCUT2D eigenvalue weighted by Gasteiger charge is 2.37. The number of carbonyl (C=O) groups is 5. The smallest absolute Gasteiger partial charge is 0.338 e. The molecule has 10 nitrogen and oxygen atoms in total. The van der Waals surface area contributed by atoms with Crippen molar-refractivity contribution >= 4 is 58.5 Å². The highest BCUT2D eigenvalue weighted by atomic mass is 35.5. The molecular formula is C24H23Cl2N3O7. The van der Waals surface area contributed by atoms with Crippen LogP contribution >= 0.6 is 23.2 Å². The molecule has 190 valence electrons. The van der Waals surface area contributed by atoms with Gasteiger partial charge in [-0.2, -0.15) is 0 Å². The molecule has 1 fully saturated rings. The van der Waals surface area contributed by atoms with Crippen LogP contribution in [0.2, 0.25) is 10.0 Å². The van der Waals surface area contributed by atoms with Crippen LogP contribution in [0.25, 0.3) is 0 Å². The highest BCUT2D eigenvalue weighted by molar-refractivity contribution is 6.36. The summed E-state index contributed by atoms with van der Waals surface area (Å²) < 4.78 is 10.1. The van der Waals surface area contributed by atoms with E-state index in [1.54, 1.807) is 0 Å². The normalized spacial score (nSPS) is 14.8. The highest BCUT2D eigenvalue weighted by Crippen LogP contribution is 2.22. The number of ether oxygens (including phenoxy) is 2. The number of hydrogen-bond acceptors (Lipinski definition) is 7. The molecule has 3 amide bonds. The van der Waals surface area contributed by atoms with Crippen LogP contribution in [0.4, 0.5) is 5.69 Å². The van der Waals surface area contributed by atoms with Crippen molar-refractivity contribution in [1.82, 2.24) is 10.4 Å². The molecule has 2 aromatic rings. The van der Waals surface area contributed by atoms with Gasteiger partial charge < -0.3 is 14.8 Å². The van der Waals surface area contributed by atoms with Crippen molar-refractivity contribution in [2.45, 2.75) is 19.8 Å². The van der Waals surface area contributed by atoms with Crippen LogP contribution < -0.4 is 10.7 Å². The van der Waals surface area contributed by atoms with E-state index < -0.39 is 42.2 Å². The van der Waals surface area contributed by atoms with Gasteiger partial charge in [0, 0.05) is 17.1 Å². The van der Waals surface area contributed by atoms with Crippen molar-refractivity contribution in [3.63, 3.8) is 0 Å². The standard InChI is InChI=1S/C24H23Cl2N3O7/c1-2-9-35-23(33)14-3-6-17(7-4-14)27-20(30)13-36-24(34)15-10-21(31)29(12-15)28-22(32)18-8-5-16(25)11-19(18)26/h3-8,11,15H,2,9-10,12-13H2,1H3,(H,27,30)(H,28,32)/t15-/m0/s1. The average molecular weight is 536 g/mol. The van der Waals surface area contributed by atoms with E-state index in [0.717, 1.165) is 5.01 Å². The summed E-state index contributed by atoms with van der Waals surface area (Å²) in [7, 11) is 0. The van der Waals surface area contributed by atoms with Crippen molar-refractivity contribution in [2.24, 2.45) is 5.92 Å². The summed E-state index contributed by atoms with van der Waals surface area (Å²) in [4.78, 5) is 61.0. The molecule has 1 atom stereocenters. The lowest BCUT2D eigenvalue weighted by Crippen LogP contribution is -2.43. The number of halogens is 2. The maximum Gasteiger partial charge on any atom is 0.338 e. The Labute approximate surface area is 216 Å². The van der Waals surface area contributed by atoms with Crippen LogP contribution in [0.3, 0.4) is 0 Å². The summed E-state index contributed by atoms with van der Waals surface area (Å²) in [5.74, 6) is -3.80. The van der Waals surface area contributed by atoms with Gasteiger partial charge in [-0.15, -0.1) is 0 Å². The molecule has 0 bridgehead atoms. The Bertz CT molecular complexity index is 1170. The van der Waals surface area contributed by atoms with E-state index >= 15 is 0 Å². The number of carbonyl (C=O) groups excluding carboxylic acids is 5. The van der Waals surface area contributed by atoms with E-state index in [-0.39, 0.29) is 23.6 Å². The van der Waals surface area contributed by atoms with Gasteiger partial charge >= 0.3 is 11.9 Å². The predicted octanol–water partition coefficient (Wildman–Crippen LogP) is 3.24. The van der Waals surface area contributed by atoms with Crippen molar-refractivity contribution in [1.29, 1.82) is 0 Å². The zero-order valence-electron chi connectivity index (χ0n) is 19.2. The molecule has 36 heavy (non-hydrogen) atoms. The van der Waals surface area contributed by atoms with Crippen LogP contribution in [-0.4, -0.2) is 54.4 Å². The second-order valence-corrected chi connectivity index (χ2v) is 8.68. The van der Waals surface area contributed by atoms with Crippen molar-refractivity contribution in [2.75, 3.05) is 25.1 Å². The lowest BCUT2D eigenvalue weighted by atomic mass is 10.1. The molecule has 1 aliphatic heterocycles. The summed E-state index contributed by atoms with van der Waals surface area (Å²) in [6, 6.07) is 10.3. The van der Waals surface area contributed by atoms with Crippen LogP contribution in [0.15, 0.2) is 42.5 Å². The van der Waals surface area contributed by atoms with E-state index in [9.17, 15) is 24.0 Å². The minimum Gasteiger partial charge on any atom is -0.462 e. The van der Waals surface area contributed by atoms with E-state index in [2.05, 4.69) is 10.7 Å². The third-order valence-corrected chi connectivity index (χ3v) is 5.61. The molecule has 2 N–H and O–H groups in total. The van der Waals surface area contributed by atoms with Gasteiger partial charge in [-0.25, -0.2) is 4.79 Å². The number of hydrogen-bond donors (Lipinski definition) is 2. The fourth-order valence-corrected chi connectivity index (χ4v) is 3.74. The fraction of sp³-hybridized carbons (Fsp3) is 0.292. The first-order valence-corrected chi connectivity index (χ1v) is 11.7. The Kier molecular flexibility index (Phi) is 9.26. The van der Waals surface area contributed by atoms with E-state index in [0.29, 0.717) is 29.3 Å². The molecule has 0 saturated carbocycles. The van der Waals surface area contributed by atoms with Crippen molar-refractivity contribution in [3.05, 3.63) is 63.6 Å². The molecule has 1 aliphatic rings. The van der Waals surface area contributed by atoms with Crippen molar-refractivity contribution < 1.29 is 33.4 Å². The fourth-order valence-electron chi connectivity index (χ4n) is 3.25. The average Bonchev–Trinajstić information content (AvgIpc) is 3.21. The van der Waals surface area contributed by atoms with Gasteiger partial charge in [-0.1, -0.05) is 30.1 Å². The molecule has 3 rings (SSSR count). The molecular weight excluding hydrogens is 513 g/mol. The molecule has 12 heteroatoms. The molecule has 1 saturated heterocycles. The third kappa shape index (κ3) is 7.19. The third-order valence-electron chi connectivity index (χ3n) is 5.06. The number of amides is 3. The summed E-state index contributed by atoms with van der Waals surface area (Å²) in [5.41, 5.74) is 3.26. The lowest BCUT2D eigenvalue weighted by molar-refractivity contribution is -0.151. The van der Waals surface area contributed by atoms with Crippen LogP contribution in [0, 0.1) is 5.92 Å². The minimum absolute atomic E-state index is 0.111. The number of benzene rings is 2. The van der Waals surface area contributed by atoms with E-state index in [4.69, 9.17) is 32.7 Å². The number of anilines is 1. The zero-order valence-corrected chi connectivity index (χ0v) is 20.7. The van der Waals surface area contributed by atoms with Crippen LogP contribution in [0.5, 0.6) is 0 Å². The number of nitrogens with one attached hydrogen (secondary N) is 2. The van der Waals surface area contributed by atoms with Gasteiger partial charge in [-0.3, -0.25) is 29.6 Å². The second-order valence-electron chi connectivity index (χ2n) is 7.84. The van der Waals surface area contributed by atoms with Gasteiger partial charge in [-0.05, 0) is 48.9 Å². The molecule has 0 spiro atoms. The van der Waals surface area contributed by atoms with E-state index in [1.165, 1.54) is 42.5 Å². The summed E-state index contributed by atoms with van der Waals surface area (Å²) in [6.45, 7) is 1.51. The first-order chi connectivity index (χ1) is 17.2. The Balaban J connectivity index is 1.46. The number of nitrogens with zero attached hydrogens (tertiary/aromatic N) is 1. The van der Waals surface area contributed by atoms with Crippen LogP contribution in [0.1, 0.15) is 40.5 Å². The topological polar surface area (TPSA) is 131 Å². The van der Waals surface area contributed by atoms with Gasteiger partial charge in [0.2, 0.25) is 5.91 Å². The van der Waals surface area contributed by atoms with E-state index in [1.807, 2.05) is 6.92 Å². The summed E-state index contributed by atoms with van der Waals surface area (Å²) in [5, 5.41) is 4.01. The maximum atomic E-state index is 12.4. The molecule has 0 radical (unpaired) electrons. The van der Waals surface area contributed by atoms with Gasteiger partial charge in [0.1, 0.15) is 0 Å². The van der Waals surface area contributed by atoms with Crippen LogP contribution in [-0.2, 0) is 23.9 Å². The van der Waals surface area contributed by atoms with Crippen molar-refractivity contribution in [3.8, 4) is 0 Å². The monoisotopic (exact) mass is 535 g/mol. The largest absolute Gasteiger partial charge is 0.462 e. The summed E-state index contributed by atoms with van der Waals surface area (Å²) in [6.07, 6.45) is 0.517. The second kappa shape index (κ2) is 12.4. The maximum absolute atomic E-state index is 12.4. The Morgan fingerprint density at radius 1 is 1.06 bits per heavy atom. The molecule has 2 aromatic carbocycles. The summed E-state index contributed by atoms with van der Waals surface area (Å²) >= 11 is 11.8. The zero-order chi connectivity index (χ0) is 26.2. The Morgan fingerprint density at radius 2 is 1.78 bits per heavy atom. The first kappa shape index (κ1) is 27.0. The molecule has 0 unspecified atom stereocenters. The van der Waals surface area contributed by atoms with Gasteiger partial charge in [0.15, 0.2) is 6.61 Å². The quantitative estimate of drug-likeness (QED) is 0.471.